The molecule has 32 heavy (non-hydrogen) atoms. The predicted octanol–water partition coefficient (Wildman–Crippen LogP) is 4.89. The smallest absolute Gasteiger partial charge is 0.223 e. The van der Waals surface area contributed by atoms with Crippen molar-refractivity contribution in [3.8, 4) is 11.5 Å². The van der Waals surface area contributed by atoms with E-state index in [0.717, 1.165) is 63.1 Å². The van der Waals surface area contributed by atoms with Crippen molar-refractivity contribution in [3.05, 3.63) is 59.2 Å². The minimum atomic E-state index is 0.0453. The number of nitrogens with zero attached hydrogens (tertiary/aromatic N) is 1. The van der Waals surface area contributed by atoms with Gasteiger partial charge in [0.2, 0.25) is 5.91 Å². The average Bonchev–Trinajstić information content (AvgIpc) is 3.37. The second-order valence-electron chi connectivity index (χ2n) is 9.06. The molecule has 0 spiro atoms. The minimum absolute atomic E-state index is 0.0453. The number of nitrogens with one attached hydrogen (secondary N) is 1. The van der Waals surface area contributed by atoms with Crippen LogP contribution in [0.15, 0.2) is 42.5 Å². The summed E-state index contributed by atoms with van der Waals surface area (Å²) >= 11 is 0. The van der Waals surface area contributed by atoms with Crippen LogP contribution in [0.25, 0.3) is 0 Å². The van der Waals surface area contributed by atoms with Gasteiger partial charge in [0.1, 0.15) is 0 Å². The van der Waals surface area contributed by atoms with E-state index in [1.54, 1.807) is 14.2 Å². The van der Waals surface area contributed by atoms with Crippen molar-refractivity contribution < 1.29 is 14.3 Å². The summed E-state index contributed by atoms with van der Waals surface area (Å²) in [4.78, 5) is 15.6. The van der Waals surface area contributed by atoms with E-state index >= 15 is 0 Å². The number of amides is 1. The van der Waals surface area contributed by atoms with E-state index in [0.29, 0.717) is 0 Å². The number of benzene rings is 2. The van der Waals surface area contributed by atoms with E-state index in [1.807, 2.05) is 0 Å². The Morgan fingerprint density at radius 3 is 2.44 bits per heavy atom. The lowest BCUT2D eigenvalue weighted by Crippen LogP contribution is -2.49. The molecule has 2 atom stereocenters. The van der Waals surface area contributed by atoms with Gasteiger partial charge in [-0.3, -0.25) is 9.69 Å². The van der Waals surface area contributed by atoms with Gasteiger partial charge in [-0.05, 0) is 54.5 Å². The number of hydrogen-bond acceptors (Lipinski definition) is 4. The van der Waals surface area contributed by atoms with Crippen molar-refractivity contribution in [1.29, 1.82) is 0 Å². The Bertz CT molecular complexity index is 909. The molecule has 2 aliphatic rings. The molecule has 0 bridgehead atoms. The van der Waals surface area contributed by atoms with Crippen molar-refractivity contribution in [1.82, 2.24) is 10.2 Å². The van der Waals surface area contributed by atoms with Crippen LogP contribution >= 0.6 is 0 Å². The highest BCUT2D eigenvalue weighted by Gasteiger charge is 2.36. The number of carbonyl (C=O) groups is 1. The van der Waals surface area contributed by atoms with Gasteiger partial charge in [-0.25, -0.2) is 0 Å². The Hall–Kier alpha value is -2.53. The van der Waals surface area contributed by atoms with Crippen LogP contribution in [0.1, 0.15) is 61.8 Å². The fraction of sp³-hybridized carbons (Fsp3) is 0.519. The van der Waals surface area contributed by atoms with E-state index in [1.165, 1.54) is 16.7 Å². The van der Waals surface area contributed by atoms with Crippen LogP contribution in [-0.2, 0) is 17.8 Å². The van der Waals surface area contributed by atoms with Crippen LogP contribution in [0, 0.1) is 5.92 Å². The fourth-order valence-corrected chi connectivity index (χ4v) is 5.39. The minimum Gasteiger partial charge on any atom is -0.493 e. The van der Waals surface area contributed by atoms with Crippen LogP contribution < -0.4 is 14.8 Å². The number of rotatable bonds is 8. The third-order valence-electron chi connectivity index (χ3n) is 7.13. The number of carbonyl (C=O) groups excluding carboxylic acids is 1. The van der Waals surface area contributed by atoms with Gasteiger partial charge in [0.15, 0.2) is 11.5 Å². The third-order valence-corrected chi connectivity index (χ3v) is 7.13. The molecule has 1 aliphatic carbocycles. The van der Waals surface area contributed by atoms with E-state index in [-0.39, 0.29) is 23.9 Å². The van der Waals surface area contributed by atoms with E-state index in [9.17, 15) is 4.79 Å². The first kappa shape index (κ1) is 22.7. The van der Waals surface area contributed by atoms with E-state index in [4.69, 9.17) is 9.47 Å². The standard InChI is InChI=1S/C27H36N2O3/c1-4-23(28-27(30)20-12-8-9-13-20)26-22-17-25(32-3)24(31-2)16-21(22)14-15-29(26)18-19-10-6-5-7-11-19/h5-7,10-11,16-17,20,23,26H,4,8-9,12-15,18H2,1-3H3,(H,28,30). The Morgan fingerprint density at radius 1 is 1.09 bits per heavy atom. The SMILES string of the molecule is CCC(NC(=O)C1CCCC1)C1c2cc(OC)c(OC)cc2CCN1Cc1ccccc1. The summed E-state index contributed by atoms with van der Waals surface area (Å²) < 4.78 is 11.2. The summed E-state index contributed by atoms with van der Waals surface area (Å²) in [6, 6.07) is 15.0. The van der Waals surface area contributed by atoms with Crippen molar-refractivity contribution in [2.45, 2.75) is 64.1 Å². The topological polar surface area (TPSA) is 50.8 Å². The van der Waals surface area contributed by atoms with Crippen LogP contribution in [-0.4, -0.2) is 37.6 Å². The summed E-state index contributed by atoms with van der Waals surface area (Å²) in [6.07, 6.45) is 6.19. The maximum Gasteiger partial charge on any atom is 0.223 e. The zero-order valence-corrected chi connectivity index (χ0v) is 19.6. The average molecular weight is 437 g/mol. The van der Waals surface area contributed by atoms with Gasteiger partial charge in [0.05, 0.1) is 20.3 Å². The lowest BCUT2D eigenvalue weighted by atomic mass is 9.86. The van der Waals surface area contributed by atoms with Crippen LogP contribution in [0.3, 0.4) is 0 Å². The number of methoxy groups -OCH3 is 2. The first-order valence-corrected chi connectivity index (χ1v) is 12.0. The van der Waals surface area contributed by atoms with Gasteiger partial charge in [-0.2, -0.15) is 0 Å². The molecule has 172 valence electrons. The molecular weight excluding hydrogens is 400 g/mol. The number of ether oxygens (including phenoxy) is 2. The predicted molar refractivity (Wildman–Crippen MR) is 127 cm³/mol. The number of fused-ring (bicyclic) bond motifs is 1. The molecule has 1 N–H and O–H groups in total. The molecule has 2 unspecified atom stereocenters. The molecule has 1 saturated carbocycles. The molecule has 1 fully saturated rings. The van der Waals surface area contributed by atoms with E-state index < -0.39 is 0 Å². The second-order valence-corrected chi connectivity index (χ2v) is 9.06. The van der Waals surface area contributed by atoms with Crippen LogP contribution in [0.5, 0.6) is 11.5 Å². The third kappa shape index (κ3) is 4.78. The normalized spacial score (nSPS) is 19.9. The first-order valence-electron chi connectivity index (χ1n) is 12.0. The molecule has 0 radical (unpaired) electrons. The number of hydrogen-bond donors (Lipinski definition) is 1. The molecule has 1 heterocycles. The Morgan fingerprint density at radius 2 is 1.78 bits per heavy atom. The highest BCUT2D eigenvalue weighted by Crippen LogP contribution is 2.41. The van der Waals surface area contributed by atoms with Gasteiger partial charge in [0, 0.05) is 25.0 Å². The zero-order chi connectivity index (χ0) is 22.5. The summed E-state index contributed by atoms with van der Waals surface area (Å²) in [7, 11) is 3.37. The Balaban J connectivity index is 1.69. The largest absolute Gasteiger partial charge is 0.493 e. The summed E-state index contributed by atoms with van der Waals surface area (Å²) in [5.41, 5.74) is 3.81. The van der Waals surface area contributed by atoms with Crippen molar-refractivity contribution in [2.75, 3.05) is 20.8 Å². The highest BCUT2D eigenvalue weighted by molar-refractivity contribution is 5.79. The summed E-state index contributed by atoms with van der Waals surface area (Å²) in [6.45, 7) is 3.97. The fourth-order valence-electron chi connectivity index (χ4n) is 5.39. The van der Waals surface area contributed by atoms with Crippen LogP contribution in [0.2, 0.25) is 0 Å². The molecule has 2 aromatic rings. The molecule has 5 heteroatoms. The van der Waals surface area contributed by atoms with Gasteiger partial charge in [0.25, 0.3) is 0 Å². The molecule has 1 amide bonds. The van der Waals surface area contributed by atoms with Crippen molar-refractivity contribution >= 4 is 5.91 Å². The Kier molecular flexibility index (Phi) is 7.36. The Labute approximate surface area is 192 Å². The van der Waals surface area contributed by atoms with Gasteiger partial charge < -0.3 is 14.8 Å². The van der Waals surface area contributed by atoms with Crippen LogP contribution in [0.4, 0.5) is 0 Å². The maximum atomic E-state index is 13.1. The summed E-state index contributed by atoms with van der Waals surface area (Å²) in [5, 5.41) is 3.45. The first-order chi connectivity index (χ1) is 15.6. The maximum absolute atomic E-state index is 13.1. The lowest BCUT2D eigenvalue weighted by Gasteiger charge is -2.42. The monoisotopic (exact) mass is 436 g/mol. The lowest BCUT2D eigenvalue weighted by molar-refractivity contribution is -0.126. The quantitative estimate of drug-likeness (QED) is 0.640. The van der Waals surface area contributed by atoms with Gasteiger partial charge in [-0.1, -0.05) is 50.1 Å². The van der Waals surface area contributed by atoms with Gasteiger partial charge in [-0.15, -0.1) is 0 Å². The molecule has 5 nitrogen and oxygen atoms in total. The molecular formula is C27H36N2O3. The molecule has 2 aromatic carbocycles. The molecule has 4 rings (SSSR count). The van der Waals surface area contributed by atoms with E-state index in [2.05, 4.69) is 59.6 Å². The highest BCUT2D eigenvalue weighted by atomic mass is 16.5. The summed E-state index contributed by atoms with van der Waals surface area (Å²) in [5.74, 6) is 1.90. The second kappa shape index (κ2) is 10.4. The molecule has 1 aliphatic heterocycles. The molecule has 0 aromatic heterocycles. The van der Waals surface area contributed by atoms with Gasteiger partial charge >= 0.3 is 0 Å². The van der Waals surface area contributed by atoms with Crippen molar-refractivity contribution in [2.24, 2.45) is 5.92 Å². The van der Waals surface area contributed by atoms with Crippen molar-refractivity contribution in [3.63, 3.8) is 0 Å². The zero-order valence-electron chi connectivity index (χ0n) is 19.6. The molecule has 0 saturated heterocycles.